The normalized spacial score (nSPS) is 18.3. The van der Waals surface area contributed by atoms with E-state index in [1.807, 2.05) is 6.08 Å². The second-order valence-corrected chi connectivity index (χ2v) is 26.1. The second kappa shape index (κ2) is 63.7. The Morgan fingerprint density at radius 1 is 0.398 bits per heavy atom. The topological polar surface area (TPSA) is 149 Å². The Hall–Kier alpha value is -1.33. The molecule has 83 heavy (non-hydrogen) atoms. The van der Waals surface area contributed by atoms with Crippen LogP contribution in [0.4, 0.5) is 0 Å². The van der Waals surface area contributed by atoms with Gasteiger partial charge >= 0.3 is 0 Å². The molecule has 1 aliphatic rings. The smallest absolute Gasteiger partial charge is 0.220 e. The lowest BCUT2D eigenvalue weighted by Crippen LogP contribution is -2.60. The summed E-state index contributed by atoms with van der Waals surface area (Å²) in [6.07, 6.45) is 77.4. The third-order valence-electron chi connectivity index (χ3n) is 18.0. The fourth-order valence-electron chi connectivity index (χ4n) is 12.2. The van der Waals surface area contributed by atoms with Crippen molar-refractivity contribution >= 4 is 5.91 Å². The highest BCUT2D eigenvalue weighted by atomic mass is 16.7. The minimum atomic E-state index is -1.57. The molecule has 1 saturated heterocycles. The molecule has 0 spiro atoms. The Morgan fingerprint density at radius 3 is 0.976 bits per heavy atom. The number of aliphatic hydroxyl groups is 5. The fourth-order valence-corrected chi connectivity index (χ4v) is 12.2. The van der Waals surface area contributed by atoms with E-state index >= 15 is 0 Å². The summed E-state index contributed by atoms with van der Waals surface area (Å²) in [5.41, 5.74) is 0. The van der Waals surface area contributed by atoms with Crippen molar-refractivity contribution in [1.82, 2.24) is 5.32 Å². The van der Waals surface area contributed by atoms with Crippen molar-refractivity contribution in [1.29, 1.82) is 0 Å². The number of amides is 1. The van der Waals surface area contributed by atoms with Crippen LogP contribution in [0.25, 0.3) is 0 Å². The maximum absolute atomic E-state index is 13.1. The number of carbonyl (C=O) groups excluding carboxylic acids is 1. The number of rotatable bonds is 66. The molecule has 6 N–H and O–H groups in total. The summed E-state index contributed by atoms with van der Waals surface area (Å²) in [5, 5.41) is 54.8. The van der Waals surface area contributed by atoms with Crippen molar-refractivity contribution in [2.45, 2.75) is 429 Å². The molecule has 7 atom stereocenters. The van der Waals surface area contributed by atoms with Crippen molar-refractivity contribution in [3.05, 3.63) is 24.3 Å². The van der Waals surface area contributed by atoms with Crippen LogP contribution in [0.2, 0.25) is 0 Å². The van der Waals surface area contributed by atoms with Gasteiger partial charge in [-0.05, 0) is 44.9 Å². The molecule has 1 fully saturated rings. The van der Waals surface area contributed by atoms with Crippen LogP contribution in [0.1, 0.15) is 386 Å². The molecule has 1 amide bonds. The van der Waals surface area contributed by atoms with Crippen molar-refractivity contribution < 1.29 is 39.8 Å². The maximum atomic E-state index is 13.1. The van der Waals surface area contributed by atoms with Crippen molar-refractivity contribution in [2.24, 2.45) is 0 Å². The van der Waals surface area contributed by atoms with E-state index in [0.717, 1.165) is 38.5 Å². The van der Waals surface area contributed by atoms with Gasteiger partial charge in [0.05, 0.1) is 25.4 Å². The molecule has 0 aromatic rings. The van der Waals surface area contributed by atoms with E-state index in [1.54, 1.807) is 6.08 Å². The largest absolute Gasteiger partial charge is 0.394 e. The molecule has 0 saturated carbocycles. The zero-order valence-corrected chi connectivity index (χ0v) is 55.2. The molecule has 1 aliphatic heterocycles. The molecule has 9 heteroatoms. The van der Waals surface area contributed by atoms with Gasteiger partial charge in [0.1, 0.15) is 24.4 Å². The van der Waals surface area contributed by atoms with E-state index < -0.39 is 49.5 Å². The van der Waals surface area contributed by atoms with E-state index in [1.165, 1.54) is 327 Å². The molecule has 7 unspecified atom stereocenters. The van der Waals surface area contributed by atoms with Gasteiger partial charge in [-0.25, -0.2) is 0 Å². The lowest BCUT2D eigenvalue weighted by Gasteiger charge is -2.40. The van der Waals surface area contributed by atoms with Crippen LogP contribution < -0.4 is 5.32 Å². The van der Waals surface area contributed by atoms with Gasteiger partial charge in [-0.2, -0.15) is 0 Å². The molecule has 1 rings (SSSR count). The van der Waals surface area contributed by atoms with E-state index in [9.17, 15) is 30.3 Å². The van der Waals surface area contributed by atoms with Gasteiger partial charge in [-0.3, -0.25) is 4.79 Å². The zero-order chi connectivity index (χ0) is 60.0. The molecule has 0 aromatic carbocycles. The lowest BCUT2D eigenvalue weighted by molar-refractivity contribution is -0.302. The highest BCUT2D eigenvalue weighted by Crippen LogP contribution is 2.24. The van der Waals surface area contributed by atoms with Crippen LogP contribution >= 0.6 is 0 Å². The van der Waals surface area contributed by atoms with Crippen molar-refractivity contribution in [3.63, 3.8) is 0 Å². The first-order chi connectivity index (χ1) is 40.8. The Labute approximate surface area is 515 Å². The Balaban J connectivity index is 2.04. The van der Waals surface area contributed by atoms with Gasteiger partial charge in [0.25, 0.3) is 0 Å². The molecule has 0 aliphatic carbocycles. The first-order valence-electron chi connectivity index (χ1n) is 37.1. The average Bonchev–Trinajstić information content (AvgIpc) is 3.60. The highest BCUT2D eigenvalue weighted by molar-refractivity contribution is 5.76. The summed E-state index contributed by atoms with van der Waals surface area (Å²) in [4.78, 5) is 13.1. The molecule has 0 bridgehead atoms. The zero-order valence-electron chi connectivity index (χ0n) is 55.2. The number of allylic oxidation sites excluding steroid dienone is 3. The summed E-state index contributed by atoms with van der Waals surface area (Å²) in [5.74, 6) is -0.167. The monoisotopic (exact) mass is 1170 g/mol. The van der Waals surface area contributed by atoms with Crippen molar-refractivity contribution in [3.8, 4) is 0 Å². The Bertz CT molecular complexity index is 1360. The number of nitrogens with one attached hydrogen (secondary N) is 1. The van der Waals surface area contributed by atoms with Gasteiger partial charge in [-0.15, -0.1) is 0 Å². The molecule has 0 aromatic heterocycles. The summed E-state index contributed by atoms with van der Waals surface area (Å²) >= 11 is 0. The first kappa shape index (κ1) is 79.7. The minimum absolute atomic E-state index is 0.167. The van der Waals surface area contributed by atoms with Gasteiger partial charge < -0.3 is 40.3 Å². The molecule has 0 radical (unpaired) electrons. The summed E-state index contributed by atoms with van der Waals surface area (Å²) in [6.45, 7) is 3.84. The van der Waals surface area contributed by atoms with Crippen LogP contribution in [0, 0.1) is 0 Å². The standard InChI is InChI=1S/C74H143NO8/c1-3-5-7-9-11-13-15-17-19-21-23-25-26-27-28-29-30-31-32-33-34-35-36-37-38-39-40-41-42-44-46-48-50-52-54-56-58-60-62-64-70(78)75-67(66-82-74-73(81)72(80)71(79)69(65-76)83-74)68(77)63-61-59-57-55-53-51-49-47-45-43-24-22-20-18-16-14-12-10-8-6-4-2/h21,23,61,63,67-69,71-74,76-77,79-81H,3-20,22,24-60,62,64-66H2,1-2H3,(H,75,78)/b23-21-,63-61+. The van der Waals surface area contributed by atoms with Gasteiger partial charge in [0.15, 0.2) is 6.29 Å². The van der Waals surface area contributed by atoms with Crippen LogP contribution in [-0.4, -0.2) is 87.5 Å². The summed E-state index contributed by atoms with van der Waals surface area (Å²) < 4.78 is 11.3. The number of ether oxygens (including phenoxy) is 2. The van der Waals surface area contributed by atoms with Crippen molar-refractivity contribution in [2.75, 3.05) is 13.2 Å². The van der Waals surface area contributed by atoms with Crippen LogP contribution in [0.3, 0.4) is 0 Å². The lowest BCUT2D eigenvalue weighted by atomic mass is 9.99. The summed E-state index contributed by atoms with van der Waals surface area (Å²) in [6, 6.07) is -0.803. The summed E-state index contributed by atoms with van der Waals surface area (Å²) in [7, 11) is 0. The van der Waals surface area contributed by atoms with Crippen LogP contribution in [0.15, 0.2) is 24.3 Å². The number of aliphatic hydroxyl groups excluding tert-OH is 5. The highest BCUT2D eigenvalue weighted by Gasteiger charge is 2.44. The third kappa shape index (κ3) is 52.3. The third-order valence-corrected chi connectivity index (χ3v) is 18.0. The predicted molar refractivity (Wildman–Crippen MR) is 355 cm³/mol. The number of carbonyl (C=O) groups is 1. The quantitative estimate of drug-likeness (QED) is 0.0261. The van der Waals surface area contributed by atoms with Crippen LogP contribution in [-0.2, 0) is 14.3 Å². The number of hydrogen-bond acceptors (Lipinski definition) is 8. The fraction of sp³-hybridized carbons (Fsp3) is 0.932. The molecule has 1 heterocycles. The molecular formula is C74H143NO8. The minimum Gasteiger partial charge on any atom is -0.394 e. The number of hydrogen-bond donors (Lipinski definition) is 6. The van der Waals surface area contributed by atoms with Gasteiger partial charge in [0.2, 0.25) is 5.91 Å². The van der Waals surface area contributed by atoms with E-state index in [2.05, 4.69) is 31.3 Å². The maximum Gasteiger partial charge on any atom is 0.220 e. The van der Waals surface area contributed by atoms with E-state index in [4.69, 9.17) is 9.47 Å². The molecule has 9 nitrogen and oxygen atoms in total. The van der Waals surface area contributed by atoms with Crippen LogP contribution in [0.5, 0.6) is 0 Å². The Kier molecular flexibility index (Phi) is 61.1. The first-order valence-corrected chi connectivity index (χ1v) is 37.1. The van der Waals surface area contributed by atoms with E-state index in [-0.39, 0.29) is 12.5 Å². The average molecular weight is 1170 g/mol. The SMILES string of the molecule is CCCCCCCCCC/C=C\CCCCCCCCCCCCCCCCCCCCCCCCCCCCCC(=O)NC(COC1OC(CO)C(O)C(O)C1O)C(O)/C=C/CCCCCCCCCCCCCCCCCCCCC. The number of unbranched alkanes of at least 4 members (excludes halogenated alkanes) is 54. The molecular weight excluding hydrogens is 1030 g/mol. The van der Waals surface area contributed by atoms with Gasteiger partial charge in [-0.1, -0.05) is 359 Å². The Morgan fingerprint density at radius 2 is 0.675 bits per heavy atom. The van der Waals surface area contributed by atoms with E-state index in [0.29, 0.717) is 6.42 Å². The molecule has 492 valence electrons. The predicted octanol–water partition coefficient (Wildman–Crippen LogP) is 20.4. The van der Waals surface area contributed by atoms with Gasteiger partial charge in [0, 0.05) is 6.42 Å². The second-order valence-electron chi connectivity index (χ2n) is 26.1.